The first kappa shape index (κ1) is 14.8. The van der Waals surface area contributed by atoms with Crippen LogP contribution in [0, 0.1) is 12.7 Å². The zero-order valence-corrected chi connectivity index (χ0v) is 12.6. The quantitative estimate of drug-likeness (QED) is 0.915. The molecule has 1 heterocycles. The molecule has 0 amide bonds. The van der Waals surface area contributed by atoms with Gasteiger partial charge in [-0.2, -0.15) is 0 Å². The number of ether oxygens (including phenoxy) is 1. The molecule has 0 saturated heterocycles. The number of hydrogen-bond donors (Lipinski definition) is 1. The maximum atomic E-state index is 13.6. The van der Waals surface area contributed by atoms with E-state index in [1.165, 1.54) is 23.6 Å². The maximum Gasteiger partial charge on any atom is 0.194 e. The van der Waals surface area contributed by atoms with Gasteiger partial charge in [-0.25, -0.2) is 4.39 Å². The Hall–Kier alpha value is -1.59. The van der Waals surface area contributed by atoms with Gasteiger partial charge in [0.1, 0.15) is 0 Å². The molecule has 2 aromatic rings. The minimum absolute atomic E-state index is 0.167. The van der Waals surface area contributed by atoms with Crippen molar-refractivity contribution in [2.75, 3.05) is 14.2 Å². The fourth-order valence-corrected chi connectivity index (χ4v) is 3.04. The zero-order chi connectivity index (χ0) is 14.7. The number of benzene rings is 1. The van der Waals surface area contributed by atoms with Gasteiger partial charge in [0.15, 0.2) is 17.3 Å². The van der Waals surface area contributed by atoms with Gasteiger partial charge in [0.2, 0.25) is 0 Å². The lowest BCUT2D eigenvalue weighted by atomic mass is 10.1. The van der Waals surface area contributed by atoms with Crippen molar-refractivity contribution in [2.45, 2.75) is 20.0 Å². The van der Waals surface area contributed by atoms with Gasteiger partial charge in [-0.3, -0.25) is 4.90 Å². The molecule has 3 nitrogen and oxygen atoms in total. The van der Waals surface area contributed by atoms with Crippen molar-refractivity contribution in [3.8, 4) is 11.5 Å². The molecule has 0 aliphatic carbocycles. The molecule has 0 spiro atoms. The average Bonchev–Trinajstić information content (AvgIpc) is 2.79. The Kier molecular flexibility index (Phi) is 4.62. The van der Waals surface area contributed by atoms with Gasteiger partial charge in [-0.05, 0) is 48.7 Å². The average molecular weight is 295 g/mol. The van der Waals surface area contributed by atoms with Crippen LogP contribution in [-0.2, 0) is 13.1 Å². The Morgan fingerprint density at radius 2 is 2.10 bits per heavy atom. The molecule has 1 aromatic carbocycles. The van der Waals surface area contributed by atoms with Gasteiger partial charge in [-0.1, -0.05) is 0 Å². The van der Waals surface area contributed by atoms with Crippen LogP contribution in [0.4, 0.5) is 4.39 Å². The summed E-state index contributed by atoms with van der Waals surface area (Å²) in [5, 5.41) is 11.6. The molecular weight excluding hydrogens is 277 g/mol. The van der Waals surface area contributed by atoms with E-state index in [1.807, 2.05) is 7.05 Å². The van der Waals surface area contributed by atoms with Crippen LogP contribution >= 0.6 is 11.3 Å². The molecule has 1 N–H and O–H groups in total. The van der Waals surface area contributed by atoms with Crippen molar-refractivity contribution in [2.24, 2.45) is 0 Å². The summed E-state index contributed by atoms with van der Waals surface area (Å²) < 4.78 is 18.5. The van der Waals surface area contributed by atoms with E-state index in [2.05, 4.69) is 23.3 Å². The van der Waals surface area contributed by atoms with Crippen LogP contribution in [0.3, 0.4) is 0 Å². The fourth-order valence-electron chi connectivity index (χ4n) is 2.05. The van der Waals surface area contributed by atoms with Crippen LogP contribution in [0.2, 0.25) is 0 Å². The summed E-state index contributed by atoms with van der Waals surface area (Å²) >= 11 is 1.72. The first-order valence-electron chi connectivity index (χ1n) is 6.28. The number of phenolic OH excluding ortho intramolecular Hbond substituents is 1. The predicted molar refractivity (Wildman–Crippen MR) is 78.8 cm³/mol. The van der Waals surface area contributed by atoms with E-state index < -0.39 is 11.6 Å². The van der Waals surface area contributed by atoms with Crippen LogP contribution in [0.5, 0.6) is 11.5 Å². The largest absolute Gasteiger partial charge is 0.502 e. The highest BCUT2D eigenvalue weighted by Gasteiger charge is 2.12. The Labute approximate surface area is 122 Å². The number of hydrogen-bond acceptors (Lipinski definition) is 4. The summed E-state index contributed by atoms with van der Waals surface area (Å²) in [6, 6.07) is 5.10. The maximum absolute atomic E-state index is 13.6. The second kappa shape index (κ2) is 6.24. The molecule has 2 rings (SSSR count). The summed E-state index contributed by atoms with van der Waals surface area (Å²) in [6.07, 6.45) is 0. The number of aromatic hydroxyl groups is 1. The fraction of sp³-hybridized carbons (Fsp3) is 0.333. The third-order valence-electron chi connectivity index (χ3n) is 3.14. The molecule has 1 aromatic heterocycles. The Morgan fingerprint density at radius 1 is 1.35 bits per heavy atom. The molecule has 5 heteroatoms. The van der Waals surface area contributed by atoms with E-state index >= 15 is 0 Å². The lowest BCUT2D eigenvalue weighted by Crippen LogP contribution is -2.17. The Balaban J connectivity index is 2.10. The van der Waals surface area contributed by atoms with E-state index in [0.29, 0.717) is 6.54 Å². The summed E-state index contributed by atoms with van der Waals surface area (Å²) in [5.41, 5.74) is 2.05. The molecule has 0 fully saturated rings. The van der Waals surface area contributed by atoms with Crippen LogP contribution < -0.4 is 4.74 Å². The Morgan fingerprint density at radius 3 is 2.70 bits per heavy atom. The Bertz CT molecular complexity index is 598. The van der Waals surface area contributed by atoms with E-state index in [-0.39, 0.29) is 5.75 Å². The van der Waals surface area contributed by atoms with Crippen molar-refractivity contribution in [1.82, 2.24) is 4.90 Å². The molecule has 0 aliphatic heterocycles. The number of aryl methyl sites for hydroxylation is 1. The third kappa shape index (κ3) is 3.29. The van der Waals surface area contributed by atoms with Gasteiger partial charge >= 0.3 is 0 Å². The number of thiophene rings is 1. The number of methoxy groups -OCH3 is 1. The van der Waals surface area contributed by atoms with Crippen molar-refractivity contribution in [3.05, 3.63) is 45.4 Å². The van der Waals surface area contributed by atoms with Crippen LogP contribution in [0.15, 0.2) is 23.6 Å². The lowest BCUT2D eigenvalue weighted by Gasteiger charge is -2.17. The third-order valence-corrected chi connectivity index (χ3v) is 4.15. The summed E-state index contributed by atoms with van der Waals surface area (Å²) in [5.74, 6) is -0.922. The summed E-state index contributed by atoms with van der Waals surface area (Å²) in [6.45, 7) is 3.49. The highest BCUT2D eigenvalue weighted by atomic mass is 32.1. The van der Waals surface area contributed by atoms with Gasteiger partial charge in [0, 0.05) is 18.0 Å². The monoisotopic (exact) mass is 295 g/mol. The van der Waals surface area contributed by atoms with Gasteiger partial charge < -0.3 is 9.84 Å². The van der Waals surface area contributed by atoms with Crippen LogP contribution in [0.1, 0.15) is 16.0 Å². The second-order valence-electron chi connectivity index (χ2n) is 4.83. The SMILES string of the molecule is COc1cc(CN(C)Cc2sccc2C)cc(F)c1O. The topological polar surface area (TPSA) is 32.7 Å². The van der Waals surface area contributed by atoms with Crippen molar-refractivity contribution in [1.29, 1.82) is 0 Å². The van der Waals surface area contributed by atoms with Gasteiger partial charge in [-0.15, -0.1) is 11.3 Å². The minimum atomic E-state index is -0.653. The molecule has 0 bridgehead atoms. The normalized spacial score (nSPS) is 11.1. The molecule has 20 heavy (non-hydrogen) atoms. The zero-order valence-electron chi connectivity index (χ0n) is 11.8. The molecule has 0 saturated carbocycles. The van der Waals surface area contributed by atoms with Crippen LogP contribution in [-0.4, -0.2) is 24.2 Å². The van der Waals surface area contributed by atoms with Crippen molar-refractivity contribution >= 4 is 11.3 Å². The highest BCUT2D eigenvalue weighted by molar-refractivity contribution is 7.10. The van der Waals surface area contributed by atoms with Gasteiger partial charge in [0.05, 0.1) is 7.11 Å². The second-order valence-corrected chi connectivity index (χ2v) is 5.83. The lowest BCUT2D eigenvalue weighted by molar-refractivity contribution is 0.317. The molecule has 0 radical (unpaired) electrons. The molecule has 0 unspecified atom stereocenters. The first-order chi connectivity index (χ1) is 9.51. The molecule has 0 aliphatic rings. The number of phenols is 1. The number of halogens is 1. The summed E-state index contributed by atoms with van der Waals surface area (Å²) in [4.78, 5) is 3.41. The minimum Gasteiger partial charge on any atom is -0.502 e. The molecule has 0 atom stereocenters. The van der Waals surface area contributed by atoms with E-state index in [9.17, 15) is 9.50 Å². The molecular formula is C15H18FNO2S. The van der Waals surface area contributed by atoms with Crippen molar-refractivity contribution in [3.63, 3.8) is 0 Å². The number of nitrogens with zero attached hydrogens (tertiary/aromatic N) is 1. The predicted octanol–water partition coefficient (Wildman–Crippen LogP) is 3.54. The first-order valence-corrected chi connectivity index (χ1v) is 7.16. The van der Waals surface area contributed by atoms with E-state index in [0.717, 1.165) is 12.1 Å². The van der Waals surface area contributed by atoms with Crippen molar-refractivity contribution < 1.29 is 14.2 Å². The standard InChI is InChI=1S/C15H18FNO2S/c1-10-4-5-20-14(10)9-17(2)8-11-6-12(16)15(18)13(7-11)19-3/h4-7,18H,8-9H2,1-3H3. The summed E-state index contributed by atoms with van der Waals surface area (Å²) in [7, 11) is 3.40. The van der Waals surface area contributed by atoms with E-state index in [4.69, 9.17) is 4.74 Å². The van der Waals surface area contributed by atoms with E-state index in [1.54, 1.807) is 17.4 Å². The smallest absolute Gasteiger partial charge is 0.194 e. The molecule has 108 valence electrons. The highest BCUT2D eigenvalue weighted by Crippen LogP contribution is 2.30. The van der Waals surface area contributed by atoms with Crippen LogP contribution in [0.25, 0.3) is 0 Å². The van der Waals surface area contributed by atoms with Gasteiger partial charge in [0.25, 0.3) is 0 Å². The number of rotatable bonds is 5.